The van der Waals surface area contributed by atoms with Crippen molar-refractivity contribution in [3.63, 3.8) is 0 Å². The van der Waals surface area contributed by atoms with Crippen LogP contribution in [0.15, 0.2) is 18.2 Å². The third-order valence-corrected chi connectivity index (χ3v) is 4.04. The molecule has 0 amide bonds. The molecule has 0 bridgehead atoms. The summed E-state index contributed by atoms with van der Waals surface area (Å²) >= 11 is 0. The number of carboxylic acid groups (broad SMARTS) is 1. The quantitative estimate of drug-likeness (QED) is 0.906. The summed E-state index contributed by atoms with van der Waals surface area (Å²) in [7, 11) is 0. The fourth-order valence-corrected chi connectivity index (χ4v) is 3.04. The Hall–Kier alpha value is -1.55. The van der Waals surface area contributed by atoms with E-state index in [0.717, 1.165) is 45.6 Å². The van der Waals surface area contributed by atoms with Gasteiger partial charge in [0.05, 0.1) is 12.2 Å². The number of nitrogens with zero attached hydrogens (tertiary/aromatic N) is 1. The molecule has 1 unspecified atom stereocenters. The van der Waals surface area contributed by atoms with Crippen molar-refractivity contribution in [3.8, 4) is 0 Å². The van der Waals surface area contributed by atoms with Crippen LogP contribution in [0.3, 0.4) is 0 Å². The lowest BCUT2D eigenvalue weighted by atomic mass is 9.97. The van der Waals surface area contributed by atoms with Gasteiger partial charge in [0.15, 0.2) is 0 Å². The van der Waals surface area contributed by atoms with Gasteiger partial charge in [0.1, 0.15) is 0 Å². The Balaban J connectivity index is 1.81. The molecule has 1 saturated heterocycles. The zero-order valence-electron chi connectivity index (χ0n) is 11.0. The maximum absolute atomic E-state index is 11.0. The SMILES string of the molecule is O=C(O)c1ccc2c(c1)CCCN2CC1CCOC1. The van der Waals surface area contributed by atoms with E-state index >= 15 is 0 Å². The molecule has 0 saturated carbocycles. The summed E-state index contributed by atoms with van der Waals surface area (Å²) in [5.74, 6) is -0.228. The predicted octanol–water partition coefficient (Wildman–Crippen LogP) is 2.17. The van der Waals surface area contributed by atoms with Gasteiger partial charge in [-0.2, -0.15) is 0 Å². The molecule has 1 aromatic carbocycles. The van der Waals surface area contributed by atoms with E-state index in [1.54, 1.807) is 6.07 Å². The maximum Gasteiger partial charge on any atom is 0.335 e. The molecule has 2 aliphatic rings. The van der Waals surface area contributed by atoms with E-state index in [0.29, 0.717) is 11.5 Å². The fourth-order valence-electron chi connectivity index (χ4n) is 3.04. The van der Waals surface area contributed by atoms with E-state index < -0.39 is 5.97 Å². The number of fused-ring (bicyclic) bond motifs is 1. The summed E-state index contributed by atoms with van der Waals surface area (Å²) in [6, 6.07) is 5.51. The first-order valence-electron chi connectivity index (χ1n) is 6.93. The van der Waals surface area contributed by atoms with Crippen LogP contribution in [-0.2, 0) is 11.2 Å². The first-order chi connectivity index (χ1) is 9.24. The van der Waals surface area contributed by atoms with Crippen molar-refractivity contribution in [1.82, 2.24) is 0 Å². The van der Waals surface area contributed by atoms with E-state index in [1.807, 2.05) is 12.1 Å². The normalized spacial score (nSPS) is 22.3. The summed E-state index contributed by atoms with van der Waals surface area (Å²) in [5.41, 5.74) is 2.78. The summed E-state index contributed by atoms with van der Waals surface area (Å²) in [5, 5.41) is 9.05. The molecule has 0 radical (unpaired) electrons. The molecule has 2 heterocycles. The molecule has 1 fully saturated rings. The van der Waals surface area contributed by atoms with Crippen LogP contribution in [0.2, 0.25) is 0 Å². The van der Waals surface area contributed by atoms with Gasteiger partial charge in [-0.1, -0.05) is 0 Å². The van der Waals surface area contributed by atoms with Crippen LogP contribution in [0, 0.1) is 5.92 Å². The summed E-state index contributed by atoms with van der Waals surface area (Å²) in [4.78, 5) is 13.4. The molecule has 4 heteroatoms. The van der Waals surface area contributed by atoms with Crippen LogP contribution in [0.4, 0.5) is 5.69 Å². The van der Waals surface area contributed by atoms with Crippen molar-refractivity contribution in [2.75, 3.05) is 31.2 Å². The van der Waals surface area contributed by atoms with Gasteiger partial charge in [-0.15, -0.1) is 0 Å². The lowest BCUT2D eigenvalue weighted by Crippen LogP contribution is -2.34. The van der Waals surface area contributed by atoms with Crippen LogP contribution in [0.5, 0.6) is 0 Å². The molecule has 2 aliphatic heterocycles. The number of rotatable bonds is 3. The van der Waals surface area contributed by atoms with Crippen molar-refractivity contribution in [1.29, 1.82) is 0 Å². The summed E-state index contributed by atoms with van der Waals surface area (Å²) in [6.45, 7) is 3.83. The minimum Gasteiger partial charge on any atom is -0.478 e. The van der Waals surface area contributed by atoms with Gasteiger partial charge in [-0.25, -0.2) is 4.79 Å². The summed E-state index contributed by atoms with van der Waals surface area (Å²) < 4.78 is 5.43. The minimum absolute atomic E-state index is 0.393. The topological polar surface area (TPSA) is 49.8 Å². The van der Waals surface area contributed by atoms with Crippen molar-refractivity contribution in [2.45, 2.75) is 19.3 Å². The van der Waals surface area contributed by atoms with Crippen LogP contribution in [0.1, 0.15) is 28.8 Å². The first kappa shape index (κ1) is 12.5. The lowest BCUT2D eigenvalue weighted by molar-refractivity contribution is 0.0697. The highest BCUT2D eigenvalue weighted by atomic mass is 16.5. The Labute approximate surface area is 113 Å². The van der Waals surface area contributed by atoms with E-state index in [1.165, 1.54) is 11.3 Å². The first-order valence-corrected chi connectivity index (χ1v) is 6.93. The molecular formula is C15H19NO3. The second-order valence-corrected chi connectivity index (χ2v) is 5.43. The van der Waals surface area contributed by atoms with Crippen LogP contribution < -0.4 is 4.90 Å². The monoisotopic (exact) mass is 261 g/mol. The van der Waals surface area contributed by atoms with E-state index in [-0.39, 0.29) is 0 Å². The molecule has 4 nitrogen and oxygen atoms in total. The molecule has 1 aromatic rings. The Bertz CT molecular complexity index is 480. The van der Waals surface area contributed by atoms with E-state index in [4.69, 9.17) is 9.84 Å². The van der Waals surface area contributed by atoms with Crippen molar-refractivity contribution in [3.05, 3.63) is 29.3 Å². The number of aryl methyl sites for hydroxylation is 1. The van der Waals surface area contributed by atoms with Gasteiger partial charge in [0.2, 0.25) is 0 Å². The van der Waals surface area contributed by atoms with Crippen LogP contribution in [0.25, 0.3) is 0 Å². The van der Waals surface area contributed by atoms with E-state index in [2.05, 4.69) is 4.90 Å². The highest BCUT2D eigenvalue weighted by Gasteiger charge is 2.23. The number of ether oxygens (including phenoxy) is 1. The lowest BCUT2D eigenvalue weighted by Gasteiger charge is -2.33. The second-order valence-electron chi connectivity index (χ2n) is 5.43. The van der Waals surface area contributed by atoms with Crippen molar-refractivity contribution < 1.29 is 14.6 Å². The van der Waals surface area contributed by atoms with Gasteiger partial charge < -0.3 is 14.7 Å². The number of carbonyl (C=O) groups is 1. The third kappa shape index (κ3) is 2.59. The summed E-state index contributed by atoms with van der Waals surface area (Å²) in [6.07, 6.45) is 3.22. The zero-order chi connectivity index (χ0) is 13.2. The van der Waals surface area contributed by atoms with Gasteiger partial charge in [-0.05, 0) is 43.0 Å². The van der Waals surface area contributed by atoms with Gasteiger partial charge in [-0.3, -0.25) is 0 Å². The van der Waals surface area contributed by atoms with Gasteiger partial charge in [0.25, 0.3) is 0 Å². The van der Waals surface area contributed by atoms with Crippen LogP contribution >= 0.6 is 0 Å². The van der Waals surface area contributed by atoms with Crippen molar-refractivity contribution >= 4 is 11.7 Å². The maximum atomic E-state index is 11.0. The largest absolute Gasteiger partial charge is 0.478 e. The predicted molar refractivity (Wildman–Crippen MR) is 72.9 cm³/mol. The minimum atomic E-state index is -0.843. The van der Waals surface area contributed by atoms with Crippen LogP contribution in [-0.4, -0.2) is 37.4 Å². The second kappa shape index (κ2) is 5.21. The number of aromatic carboxylic acids is 1. The Morgan fingerprint density at radius 2 is 2.37 bits per heavy atom. The molecule has 0 spiro atoms. The molecule has 3 rings (SSSR count). The molecule has 1 atom stereocenters. The number of benzene rings is 1. The third-order valence-electron chi connectivity index (χ3n) is 4.04. The van der Waals surface area contributed by atoms with Gasteiger partial charge in [0, 0.05) is 31.3 Å². The molecule has 102 valence electrons. The standard InChI is InChI=1S/C15H19NO3/c17-15(18)13-3-4-14-12(8-13)2-1-6-16(14)9-11-5-7-19-10-11/h3-4,8,11H,1-2,5-7,9-10H2,(H,17,18). The van der Waals surface area contributed by atoms with Gasteiger partial charge >= 0.3 is 5.97 Å². The Morgan fingerprint density at radius 1 is 1.47 bits per heavy atom. The highest BCUT2D eigenvalue weighted by molar-refractivity contribution is 5.88. The van der Waals surface area contributed by atoms with Crippen molar-refractivity contribution in [2.24, 2.45) is 5.92 Å². The molecule has 0 aromatic heterocycles. The Morgan fingerprint density at radius 3 is 3.11 bits per heavy atom. The Kier molecular flexibility index (Phi) is 3.42. The highest BCUT2D eigenvalue weighted by Crippen LogP contribution is 2.29. The molecule has 1 N–H and O–H groups in total. The number of hydrogen-bond donors (Lipinski definition) is 1. The molecule has 0 aliphatic carbocycles. The zero-order valence-corrected chi connectivity index (χ0v) is 11.0. The number of carboxylic acids is 1. The average Bonchev–Trinajstić information content (AvgIpc) is 2.91. The van der Waals surface area contributed by atoms with E-state index in [9.17, 15) is 4.79 Å². The smallest absolute Gasteiger partial charge is 0.335 e. The fraction of sp³-hybridized carbons (Fsp3) is 0.533. The molecular weight excluding hydrogens is 242 g/mol. The average molecular weight is 261 g/mol. The molecule has 19 heavy (non-hydrogen) atoms. The number of hydrogen-bond acceptors (Lipinski definition) is 3. The number of anilines is 1.